The number of ether oxygens (including phenoxy) is 1. The van der Waals surface area contributed by atoms with Crippen molar-refractivity contribution in [3.05, 3.63) is 12.2 Å². The van der Waals surface area contributed by atoms with E-state index in [4.69, 9.17) is 10.5 Å². The Balaban J connectivity index is 3.47. The lowest BCUT2D eigenvalue weighted by Gasteiger charge is -2.15. The van der Waals surface area contributed by atoms with Crippen LogP contribution in [-0.2, 0) is 23.1 Å². The molecule has 8 nitrogen and oxygen atoms in total. The third kappa shape index (κ3) is 22.4. The van der Waals surface area contributed by atoms with Crippen molar-refractivity contribution in [1.82, 2.24) is 0 Å². The number of nitrogens with two attached hydrogens (primary N) is 1. The predicted octanol–water partition coefficient (Wildman–Crippen LogP) is 5.02. The summed E-state index contributed by atoms with van der Waals surface area (Å²) in [6, 6.07) is 0. The molecule has 1 unspecified atom stereocenters. The number of phosphoric acid groups is 1. The maximum atomic E-state index is 11.7. The molecule has 0 aromatic carbocycles. The molecule has 0 bridgehead atoms. The number of rotatable bonds is 23. The fourth-order valence-electron chi connectivity index (χ4n) is 3.04. The van der Waals surface area contributed by atoms with Crippen LogP contribution >= 0.6 is 7.82 Å². The van der Waals surface area contributed by atoms with Crippen LogP contribution in [0.25, 0.3) is 0 Å². The molecule has 190 valence electrons. The lowest BCUT2D eigenvalue weighted by Crippen LogP contribution is -2.23. The summed E-state index contributed by atoms with van der Waals surface area (Å²) in [6.07, 6.45) is 19.2. The van der Waals surface area contributed by atoms with Crippen LogP contribution in [0, 0.1) is 0 Å². The number of hydrogen-bond acceptors (Lipinski definition) is 7. The number of esters is 1. The van der Waals surface area contributed by atoms with Crippen molar-refractivity contribution in [3.8, 4) is 0 Å². The molecule has 4 N–H and O–H groups in total. The van der Waals surface area contributed by atoms with E-state index in [2.05, 4.69) is 28.1 Å². The number of carbonyl (C=O) groups is 1. The first kappa shape index (κ1) is 31.2. The van der Waals surface area contributed by atoms with Crippen LogP contribution < -0.4 is 5.73 Å². The van der Waals surface area contributed by atoms with E-state index in [1.54, 1.807) is 0 Å². The molecule has 0 aliphatic carbocycles. The van der Waals surface area contributed by atoms with Crippen molar-refractivity contribution in [1.29, 1.82) is 0 Å². The molecule has 0 rings (SSSR count). The molecule has 0 amide bonds. The second-order valence-electron chi connectivity index (χ2n) is 8.06. The quantitative estimate of drug-likeness (QED) is 0.0806. The van der Waals surface area contributed by atoms with Crippen molar-refractivity contribution >= 4 is 13.8 Å². The van der Waals surface area contributed by atoms with Gasteiger partial charge in [-0.3, -0.25) is 13.8 Å². The van der Waals surface area contributed by atoms with Gasteiger partial charge in [0.15, 0.2) is 0 Å². The van der Waals surface area contributed by atoms with Gasteiger partial charge in [0.1, 0.15) is 12.7 Å². The highest BCUT2D eigenvalue weighted by Crippen LogP contribution is 2.42. The van der Waals surface area contributed by atoms with E-state index in [1.165, 1.54) is 64.2 Å². The van der Waals surface area contributed by atoms with Crippen LogP contribution in [0.1, 0.15) is 96.8 Å². The molecule has 0 radical (unpaired) electrons. The fourth-order valence-corrected chi connectivity index (χ4v) is 3.81. The number of aliphatic hydroxyl groups excluding tert-OH is 1. The van der Waals surface area contributed by atoms with Gasteiger partial charge in [-0.15, -0.1) is 0 Å². The zero-order valence-electron chi connectivity index (χ0n) is 19.9. The van der Waals surface area contributed by atoms with Gasteiger partial charge in [0, 0.05) is 13.0 Å². The Labute approximate surface area is 194 Å². The molecule has 0 saturated carbocycles. The monoisotopic (exact) mass is 479 g/mol. The molecule has 0 saturated heterocycles. The Morgan fingerprint density at radius 2 is 1.47 bits per heavy atom. The maximum Gasteiger partial charge on any atom is 0.472 e. The summed E-state index contributed by atoms with van der Waals surface area (Å²) < 4.78 is 25.5. The van der Waals surface area contributed by atoms with Crippen LogP contribution in [0.15, 0.2) is 12.2 Å². The Morgan fingerprint density at radius 1 is 0.906 bits per heavy atom. The minimum absolute atomic E-state index is 0.0744. The third-order valence-corrected chi connectivity index (χ3v) is 5.87. The van der Waals surface area contributed by atoms with Crippen molar-refractivity contribution in [2.24, 2.45) is 5.73 Å². The average Bonchev–Trinajstić information content (AvgIpc) is 2.77. The number of allylic oxidation sites excluding steroid dienone is 2. The van der Waals surface area contributed by atoms with Gasteiger partial charge in [0.05, 0.1) is 13.2 Å². The predicted molar refractivity (Wildman–Crippen MR) is 127 cm³/mol. The van der Waals surface area contributed by atoms with Gasteiger partial charge in [0.2, 0.25) is 0 Å². The molecule has 0 heterocycles. The first-order valence-corrected chi connectivity index (χ1v) is 13.7. The van der Waals surface area contributed by atoms with Gasteiger partial charge in [-0.2, -0.15) is 0 Å². The Kier molecular flexibility index (Phi) is 21.5. The van der Waals surface area contributed by atoms with E-state index in [0.717, 1.165) is 19.3 Å². The zero-order valence-corrected chi connectivity index (χ0v) is 20.8. The number of aliphatic hydroxyl groups is 1. The summed E-state index contributed by atoms with van der Waals surface area (Å²) >= 11 is 0. The summed E-state index contributed by atoms with van der Waals surface area (Å²) in [5, 5.41) is 9.67. The molecule has 0 spiro atoms. The van der Waals surface area contributed by atoms with Gasteiger partial charge < -0.3 is 20.5 Å². The van der Waals surface area contributed by atoms with Crippen molar-refractivity contribution in [3.63, 3.8) is 0 Å². The average molecular weight is 480 g/mol. The number of carbonyl (C=O) groups excluding carboxylic acids is 1. The largest absolute Gasteiger partial charge is 0.472 e. The smallest absolute Gasteiger partial charge is 0.463 e. The van der Waals surface area contributed by atoms with Crippen molar-refractivity contribution in [2.45, 2.75) is 103 Å². The van der Waals surface area contributed by atoms with Crippen LogP contribution in [0.3, 0.4) is 0 Å². The maximum absolute atomic E-state index is 11.7. The first-order chi connectivity index (χ1) is 15.4. The second-order valence-corrected chi connectivity index (χ2v) is 9.51. The fraction of sp³-hybridized carbons (Fsp3) is 0.870. The minimum Gasteiger partial charge on any atom is -0.463 e. The molecule has 0 aliphatic rings. The first-order valence-electron chi connectivity index (χ1n) is 12.2. The molecule has 0 aromatic rings. The zero-order chi connectivity index (χ0) is 23.9. The summed E-state index contributed by atoms with van der Waals surface area (Å²) in [4.78, 5) is 21.0. The number of unbranched alkanes of at least 4 members (excludes halogenated alkanes) is 11. The molecule has 9 heteroatoms. The van der Waals surface area contributed by atoms with Gasteiger partial charge in [0.25, 0.3) is 0 Å². The van der Waals surface area contributed by atoms with E-state index >= 15 is 0 Å². The van der Waals surface area contributed by atoms with Crippen molar-refractivity contribution < 1.29 is 33.1 Å². The Hall–Kier alpha value is -0.760. The van der Waals surface area contributed by atoms with E-state index in [9.17, 15) is 19.4 Å². The van der Waals surface area contributed by atoms with Crippen LogP contribution in [0.4, 0.5) is 0 Å². The third-order valence-electron chi connectivity index (χ3n) is 4.88. The summed E-state index contributed by atoms with van der Waals surface area (Å²) in [6.45, 7) is 1.42. The highest BCUT2D eigenvalue weighted by molar-refractivity contribution is 7.47. The highest BCUT2D eigenvalue weighted by atomic mass is 31.2. The van der Waals surface area contributed by atoms with Gasteiger partial charge >= 0.3 is 13.8 Å². The van der Waals surface area contributed by atoms with E-state index in [-0.39, 0.29) is 19.8 Å². The SMILES string of the molecule is CCCCCCC=CCCCCCCCCCC(=O)OC[C@@H](O)COP(=O)(O)OCCN. The van der Waals surface area contributed by atoms with E-state index in [0.29, 0.717) is 6.42 Å². The summed E-state index contributed by atoms with van der Waals surface area (Å²) in [5.74, 6) is -0.392. The lowest BCUT2D eigenvalue weighted by atomic mass is 10.1. The van der Waals surface area contributed by atoms with Crippen LogP contribution in [-0.4, -0.2) is 48.4 Å². The van der Waals surface area contributed by atoms with E-state index in [1.807, 2.05) is 0 Å². The molecule has 0 aromatic heterocycles. The molecular weight excluding hydrogens is 433 g/mol. The summed E-state index contributed by atoms with van der Waals surface area (Å²) in [7, 11) is -4.24. The normalized spacial score (nSPS) is 14.5. The number of phosphoric ester groups is 1. The highest BCUT2D eigenvalue weighted by Gasteiger charge is 2.22. The second kappa shape index (κ2) is 22.1. The topological polar surface area (TPSA) is 128 Å². The minimum atomic E-state index is -4.24. The van der Waals surface area contributed by atoms with Gasteiger partial charge in [-0.1, -0.05) is 70.4 Å². The lowest BCUT2D eigenvalue weighted by molar-refractivity contribution is -0.147. The standard InChI is InChI=1S/C23H46NO7P/c1-2-3-4-5-6-7-8-9-10-11-12-13-14-15-16-17-23(26)29-20-22(25)21-31-32(27,28)30-19-18-24/h7-8,22,25H,2-6,9-21,24H2,1H3,(H,27,28)/t22-/m1/s1. The molecule has 0 fully saturated rings. The van der Waals surface area contributed by atoms with Gasteiger partial charge in [-0.25, -0.2) is 4.57 Å². The molecular formula is C23H46NO7P. The Morgan fingerprint density at radius 3 is 2.06 bits per heavy atom. The van der Waals surface area contributed by atoms with E-state index < -0.39 is 26.5 Å². The van der Waals surface area contributed by atoms with Crippen molar-refractivity contribution in [2.75, 3.05) is 26.4 Å². The Bertz CT molecular complexity index is 517. The number of hydrogen-bond donors (Lipinski definition) is 3. The molecule has 32 heavy (non-hydrogen) atoms. The van der Waals surface area contributed by atoms with Crippen LogP contribution in [0.2, 0.25) is 0 Å². The van der Waals surface area contributed by atoms with Gasteiger partial charge in [-0.05, 0) is 32.1 Å². The van der Waals surface area contributed by atoms with Crippen LogP contribution in [0.5, 0.6) is 0 Å². The molecule has 0 aliphatic heterocycles. The molecule has 2 atom stereocenters. The summed E-state index contributed by atoms with van der Waals surface area (Å²) in [5.41, 5.74) is 5.17.